The minimum absolute atomic E-state index is 0.0326. The van der Waals surface area contributed by atoms with Gasteiger partial charge in [0.25, 0.3) is 10.0 Å². The molecule has 0 spiro atoms. The van der Waals surface area contributed by atoms with Crippen LogP contribution in [0.2, 0.25) is 5.02 Å². The van der Waals surface area contributed by atoms with Gasteiger partial charge in [0.05, 0.1) is 15.6 Å². The lowest BCUT2D eigenvalue weighted by atomic mass is 10.1. The Kier molecular flexibility index (Phi) is 8.76. The molecule has 0 radical (unpaired) electrons. The number of hydrogen-bond acceptors (Lipinski definition) is 4. The number of sulfonamides is 1. The molecule has 1 atom stereocenters. The molecule has 0 aliphatic carbocycles. The second-order valence-electron chi connectivity index (χ2n) is 8.57. The molecule has 2 amide bonds. The lowest BCUT2D eigenvalue weighted by Gasteiger charge is -2.32. The molecule has 3 aromatic carbocycles. The second kappa shape index (κ2) is 11.6. The molecule has 3 rings (SSSR count). The van der Waals surface area contributed by atoms with Crippen molar-refractivity contribution in [2.45, 2.75) is 38.3 Å². The zero-order valence-electron chi connectivity index (χ0n) is 20.7. The van der Waals surface area contributed by atoms with E-state index in [0.29, 0.717) is 0 Å². The van der Waals surface area contributed by atoms with E-state index in [9.17, 15) is 18.0 Å². The molecule has 0 fully saturated rings. The number of carbonyl (C=O) groups is 2. The number of anilines is 1. The first kappa shape index (κ1) is 27.2. The van der Waals surface area contributed by atoms with Gasteiger partial charge in [-0.2, -0.15) is 0 Å². The van der Waals surface area contributed by atoms with E-state index < -0.39 is 28.5 Å². The summed E-state index contributed by atoms with van der Waals surface area (Å²) in [4.78, 5) is 27.6. The predicted octanol–water partition coefficient (Wildman–Crippen LogP) is 4.32. The van der Waals surface area contributed by atoms with Crippen LogP contribution in [0.5, 0.6) is 0 Å². The number of hydrogen-bond donors (Lipinski definition) is 1. The topological polar surface area (TPSA) is 86.8 Å². The van der Waals surface area contributed by atoms with Crippen molar-refractivity contribution < 1.29 is 18.0 Å². The summed E-state index contributed by atoms with van der Waals surface area (Å²) in [7, 11) is -2.66. The van der Waals surface area contributed by atoms with Crippen molar-refractivity contribution >= 4 is 39.1 Å². The van der Waals surface area contributed by atoms with Crippen molar-refractivity contribution in [2.24, 2.45) is 0 Å². The van der Waals surface area contributed by atoms with Gasteiger partial charge in [-0.1, -0.05) is 71.3 Å². The smallest absolute Gasteiger partial charge is 0.264 e. The third-order valence-corrected chi connectivity index (χ3v) is 7.99. The summed E-state index contributed by atoms with van der Waals surface area (Å²) in [5.41, 5.74) is 2.95. The molecule has 7 nitrogen and oxygen atoms in total. The van der Waals surface area contributed by atoms with Crippen molar-refractivity contribution in [3.8, 4) is 0 Å². The Labute approximate surface area is 217 Å². The fraction of sp³-hybridized carbons (Fsp3) is 0.259. The molecule has 0 aliphatic rings. The Balaban J connectivity index is 2.04. The quantitative estimate of drug-likeness (QED) is 0.449. The number of likely N-dealkylation sites (N-methyl/N-ethyl adjacent to an activating group) is 1. The normalized spacial score (nSPS) is 12.0. The van der Waals surface area contributed by atoms with E-state index in [2.05, 4.69) is 5.32 Å². The van der Waals surface area contributed by atoms with Crippen molar-refractivity contribution in [3.05, 3.63) is 94.5 Å². The highest BCUT2D eigenvalue weighted by atomic mass is 35.5. The van der Waals surface area contributed by atoms with Crippen molar-refractivity contribution in [1.82, 2.24) is 10.2 Å². The number of carbonyl (C=O) groups excluding carboxylic acids is 2. The molecule has 1 N–H and O–H groups in total. The Hall–Kier alpha value is -3.36. The van der Waals surface area contributed by atoms with Crippen LogP contribution in [-0.2, 0) is 26.2 Å². The van der Waals surface area contributed by atoms with E-state index in [1.54, 1.807) is 43.3 Å². The van der Waals surface area contributed by atoms with Gasteiger partial charge in [0.1, 0.15) is 12.6 Å². The van der Waals surface area contributed by atoms with Gasteiger partial charge in [0, 0.05) is 13.6 Å². The van der Waals surface area contributed by atoms with Crippen LogP contribution in [0.3, 0.4) is 0 Å². The summed E-state index contributed by atoms with van der Waals surface area (Å²) in [6.07, 6.45) is 0. The minimum atomic E-state index is -4.15. The first-order chi connectivity index (χ1) is 17.0. The average Bonchev–Trinajstić information content (AvgIpc) is 2.86. The van der Waals surface area contributed by atoms with Crippen LogP contribution in [0.15, 0.2) is 77.7 Å². The van der Waals surface area contributed by atoms with E-state index in [0.717, 1.165) is 21.0 Å². The van der Waals surface area contributed by atoms with Gasteiger partial charge < -0.3 is 10.2 Å². The predicted molar refractivity (Wildman–Crippen MR) is 142 cm³/mol. The molecular weight excluding hydrogens is 498 g/mol. The van der Waals surface area contributed by atoms with Gasteiger partial charge in [0.2, 0.25) is 11.8 Å². The highest BCUT2D eigenvalue weighted by Crippen LogP contribution is 2.30. The zero-order valence-corrected chi connectivity index (χ0v) is 22.3. The number of amides is 2. The number of nitrogens with one attached hydrogen (secondary N) is 1. The van der Waals surface area contributed by atoms with Crippen LogP contribution >= 0.6 is 11.6 Å². The van der Waals surface area contributed by atoms with E-state index >= 15 is 0 Å². The van der Waals surface area contributed by atoms with Crippen LogP contribution in [0.4, 0.5) is 5.69 Å². The number of para-hydroxylation sites is 1. The largest absolute Gasteiger partial charge is 0.357 e. The third-order valence-electron chi connectivity index (χ3n) is 5.90. The lowest BCUT2D eigenvalue weighted by molar-refractivity contribution is -0.139. The van der Waals surface area contributed by atoms with E-state index in [1.807, 2.05) is 38.1 Å². The van der Waals surface area contributed by atoms with E-state index in [-0.39, 0.29) is 28.1 Å². The minimum Gasteiger partial charge on any atom is -0.357 e. The second-order valence-corrected chi connectivity index (χ2v) is 10.8. The average molecular weight is 528 g/mol. The number of rotatable bonds is 9. The molecule has 36 heavy (non-hydrogen) atoms. The molecule has 0 bridgehead atoms. The molecular formula is C27H30ClN3O4S. The summed E-state index contributed by atoms with van der Waals surface area (Å²) in [6.45, 7) is 5.02. The Morgan fingerprint density at radius 1 is 0.917 bits per heavy atom. The summed E-state index contributed by atoms with van der Waals surface area (Å²) >= 11 is 6.39. The molecule has 0 saturated heterocycles. The molecule has 0 heterocycles. The summed E-state index contributed by atoms with van der Waals surface area (Å²) in [5.74, 6) is -0.900. The summed E-state index contributed by atoms with van der Waals surface area (Å²) in [6, 6.07) is 19.6. The highest BCUT2D eigenvalue weighted by molar-refractivity contribution is 7.92. The van der Waals surface area contributed by atoms with Crippen LogP contribution < -0.4 is 9.62 Å². The van der Waals surface area contributed by atoms with Gasteiger partial charge in [-0.3, -0.25) is 13.9 Å². The van der Waals surface area contributed by atoms with Crippen LogP contribution in [-0.4, -0.2) is 44.8 Å². The standard InChI is InChI=1S/C27H30ClN3O4S/c1-19-9-13-22(14-10-19)17-30(21(3)27(33)29-4)26(32)18-31(25-8-6-5-7-24(25)28)36(34,35)23-15-11-20(2)12-16-23/h5-16,21H,17-18H2,1-4H3,(H,29,33)/t21-/m1/s1. The maximum atomic E-state index is 13.7. The molecule has 3 aromatic rings. The first-order valence-electron chi connectivity index (χ1n) is 11.4. The summed E-state index contributed by atoms with van der Waals surface area (Å²) < 4.78 is 28.5. The molecule has 0 aliphatic heterocycles. The van der Waals surface area contributed by atoms with Gasteiger partial charge >= 0.3 is 0 Å². The molecule has 0 saturated carbocycles. The van der Waals surface area contributed by atoms with Crippen molar-refractivity contribution in [1.29, 1.82) is 0 Å². The van der Waals surface area contributed by atoms with Crippen molar-refractivity contribution in [3.63, 3.8) is 0 Å². The number of halogens is 1. The summed E-state index contributed by atoms with van der Waals surface area (Å²) in [5, 5.41) is 2.75. The Bertz CT molecular complexity index is 1330. The lowest BCUT2D eigenvalue weighted by Crippen LogP contribution is -2.50. The monoisotopic (exact) mass is 527 g/mol. The Morgan fingerprint density at radius 3 is 2.03 bits per heavy atom. The van der Waals surface area contributed by atoms with Crippen LogP contribution in [0, 0.1) is 13.8 Å². The van der Waals surface area contributed by atoms with Gasteiger partial charge in [0.15, 0.2) is 0 Å². The maximum Gasteiger partial charge on any atom is 0.264 e. The number of aryl methyl sites for hydroxylation is 2. The van der Waals surface area contributed by atoms with E-state index in [4.69, 9.17) is 11.6 Å². The van der Waals surface area contributed by atoms with E-state index in [1.165, 1.54) is 24.1 Å². The SMILES string of the molecule is CNC(=O)[C@@H](C)N(Cc1ccc(C)cc1)C(=O)CN(c1ccccc1Cl)S(=O)(=O)c1ccc(C)cc1. The highest BCUT2D eigenvalue weighted by Gasteiger charge is 2.33. The third kappa shape index (κ3) is 6.25. The molecule has 0 unspecified atom stereocenters. The molecule has 0 aromatic heterocycles. The van der Waals surface area contributed by atoms with Crippen molar-refractivity contribution in [2.75, 3.05) is 17.9 Å². The van der Waals surface area contributed by atoms with Gasteiger partial charge in [-0.15, -0.1) is 0 Å². The van der Waals surface area contributed by atoms with Crippen LogP contribution in [0.1, 0.15) is 23.6 Å². The fourth-order valence-electron chi connectivity index (χ4n) is 3.69. The Morgan fingerprint density at radius 2 is 1.47 bits per heavy atom. The maximum absolute atomic E-state index is 13.7. The van der Waals surface area contributed by atoms with Crippen LogP contribution in [0.25, 0.3) is 0 Å². The molecule has 190 valence electrons. The number of nitrogens with zero attached hydrogens (tertiary/aromatic N) is 2. The van der Waals surface area contributed by atoms with Gasteiger partial charge in [-0.05, 0) is 50.6 Å². The number of benzene rings is 3. The first-order valence-corrected chi connectivity index (χ1v) is 13.3. The fourth-order valence-corrected chi connectivity index (χ4v) is 5.41. The zero-order chi connectivity index (χ0) is 26.5. The molecule has 9 heteroatoms. The van der Waals surface area contributed by atoms with Gasteiger partial charge in [-0.25, -0.2) is 8.42 Å².